The number of phenolic OH excluding ortho intramolecular Hbond substituents is 1. The van der Waals surface area contributed by atoms with Crippen LogP contribution in [0.15, 0.2) is 23.3 Å². The fraction of sp³-hybridized carbons (Fsp3) is 0.200. The zero-order valence-electron chi connectivity index (χ0n) is 9.60. The molecule has 0 aromatic heterocycles. The zero-order chi connectivity index (χ0) is 13.0. The number of hydrazone groups is 1. The van der Waals surface area contributed by atoms with E-state index in [4.69, 9.17) is 17.0 Å². The van der Waals surface area contributed by atoms with Crippen molar-refractivity contribution in [3.8, 4) is 11.5 Å². The Hall–Kier alpha value is -2.06. The van der Waals surface area contributed by atoms with Crippen LogP contribution in [0.4, 0.5) is 0 Å². The molecule has 96 valence electrons. The number of aromatic hydroxyl groups is 1. The Morgan fingerprint density at radius 2 is 2.39 bits per heavy atom. The van der Waals surface area contributed by atoms with E-state index in [0.717, 1.165) is 5.56 Å². The fourth-order valence-electron chi connectivity index (χ4n) is 1.37. The second-order valence-electron chi connectivity index (χ2n) is 3.49. The molecule has 0 saturated carbocycles. The minimum Gasteiger partial charge on any atom is -0.504 e. The maximum atomic E-state index is 9.43. The predicted molar refractivity (Wildman–Crippen MR) is 71.2 cm³/mol. The van der Waals surface area contributed by atoms with Crippen molar-refractivity contribution in [1.29, 1.82) is 0 Å². The molecule has 5 N–H and O–H groups in total. The van der Waals surface area contributed by atoms with Crippen LogP contribution in [0.3, 0.4) is 0 Å². The van der Waals surface area contributed by atoms with Crippen LogP contribution in [0.2, 0.25) is 0 Å². The summed E-state index contributed by atoms with van der Waals surface area (Å²) in [5.41, 5.74) is 9.16. The summed E-state index contributed by atoms with van der Waals surface area (Å²) >= 11 is 4.87. The Balaban J connectivity index is 1.94. The van der Waals surface area contributed by atoms with E-state index in [1.165, 1.54) is 7.11 Å². The summed E-state index contributed by atoms with van der Waals surface area (Å²) in [6.07, 6.45) is 1.35. The van der Waals surface area contributed by atoms with Gasteiger partial charge in [-0.15, -0.1) is 0 Å². The first-order valence-corrected chi connectivity index (χ1v) is 5.57. The highest BCUT2D eigenvalue weighted by Gasteiger charge is 2.14. The maximum Gasteiger partial charge on any atom is 0.186 e. The van der Waals surface area contributed by atoms with Gasteiger partial charge in [-0.05, 0) is 36.0 Å². The molecule has 1 heterocycles. The Bertz CT molecular complexity index is 479. The molecule has 0 aliphatic carbocycles. The molecule has 0 radical (unpaired) electrons. The second kappa shape index (κ2) is 5.52. The molecule has 1 aliphatic heterocycles. The van der Waals surface area contributed by atoms with Crippen molar-refractivity contribution in [3.05, 3.63) is 23.8 Å². The summed E-state index contributed by atoms with van der Waals surface area (Å²) in [6, 6.07) is 4.95. The fourth-order valence-corrected chi connectivity index (χ4v) is 1.54. The minimum absolute atomic E-state index is 0.0938. The Morgan fingerprint density at radius 1 is 1.56 bits per heavy atom. The molecular formula is C10H13N5O2S. The zero-order valence-corrected chi connectivity index (χ0v) is 10.4. The summed E-state index contributed by atoms with van der Waals surface area (Å²) in [5.74, 6) is 0.496. The van der Waals surface area contributed by atoms with Crippen LogP contribution < -0.4 is 26.3 Å². The van der Waals surface area contributed by atoms with E-state index >= 15 is 0 Å². The Kier molecular flexibility index (Phi) is 3.80. The molecular weight excluding hydrogens is 254 g/mol. The molecule has 1 aliphatic rings. The highest BCUT2D eigenvalue weighted by atomic mass is 32.1. The smallest absolute Gasteiger partial charge is 0.186 e. The van der Waals surface area contributed by atoms with Crippen LogP contribution >= 0.6 is 12.2 Å². The monoisotopic (exact) mass is 267 g/mol. The van der Waals surface area contributed by atoms with Crippen LogP contribution in [0.5, 0.6) is 11.5 Å². The third-order valence-corrected chi connectivity index (χ3v) is 2.45. The summed E-state index contributed by atoms with van der Waals surface area (Å²) in [7, 11) is 1.49. The number of nitrogens with zero attached hydrogens (tertiary/aromatic N) is 1. The van der Waals surface area contributed by atoms with Gasteiger partial charge in [0.1, 0.15) is 0 Å². The lowest BCUT2D eigenvalue weighted by Gasteiger charge is -2.08. The standard InChI is InChI=1S/C10H13N5O2S/c1-17-8-4-6(2-3-7(8)16)5-11-13-9-12-10(18)15-14-9/h2-5,9,13-14,16H,1H3,(H2,12,15,18)/b11-5+. The first kappa shape index (κ1) is 12.4. The topological polar surface area (TPSA) is 89.9 Å². The van der Waals surface area contributed by atoms with Gasteiger partial charge in [-0.25, -0.2) is 0 Å². The first-order chi connectivity index (χ1) is 8.69. The van der Waals surface area contributed by atoms with E-state index in [0.29, 0.717) is 10.9 Å². The molecule has 0 bridgehead atoms. The Labute approximate surface area is 109 Å². The summed E-state index contributed by atoms with van der Waals surface area (Å²) in [5, 5.41) is 16.9. The lowest BCUT2D eigenvalue weighted by molar-refractivity contribution is 0.373. The van der Waals surface area contributed by atoms with Crippen LogP contribution in [0.25, 0.3) is 0 Å². The molecule has 0 spiro atoms. The molecule has 7 nitrogen and oxygen atoms in total. The third-order valence-electron chi connectivity index (χ3n) is 2.23. The number of rotatable bonds is 4. The molecule has 2 rings (SSSR count). The molecule has 1 saturated heterocycles. The van der Waals surface area contributed by atoms with E-state index in [9.17, 15) is 5.11 Å². The average Bonchev–Trinajstić information content (AvgIpc) is 2.77. The number of phenols is 1. The number of ether oxygens (including phenoxy) is 1. The second-order valence-corrected chi connectivity index (χ2v) is 3.90. The average molecular weight is 267 g/mol. The number of hydrogen-bond acceptors (Lipinski definition) is 6. The number of benzene rings is 1. The van der Waals surface area contributed by atoms with Gasteiger partial charge in [-0.3, -0.25) is 10.9 Å². The first-order valence-electron chi connectivity index (χ1n) is 5.16. The molecule has 1 aromatic rings. The quantitative estimate of drug-likeness (QED) is 0.288. The molecule has 0 amide bonds. The van der Waals surface area contributed by atoms with Crippen molar-refractivity contribution in [2.45, 2.75) is 6.29 Å². The number of thiocarbonyl (C=S) groups is 1. The van der Waals surface area contributed by atoms with Crippen molar-refractivity contribution in [2.75, 3.05) is 7.11 Å². The van der Waals surface area contributed by atoms with E-state index in [2.05, 4.69) is 26.7 Å². The van der Waals surface area contributed by atoms with Gasteiger partial charge in [0.05, 0.1) is 13.3 Å². The normalized spacial score (nSPS) is 18.5. The largest absolute Gasteiger partial charge is 0.504 e. The van der Waals surface area contributed by atoms with E-state index < -0.39 is 0 Å². The number of hydrogen-bond donors (Lipinski definition) is 5. The van der Waals surface area contributed by atoms with Gasteiger partial charge in [-0.1, -0.05) is 0 Å². The minimum atomic E-state index is -0.257. The molecule has 1 aromatic carbocycles. The van der Waals surface area contributed by atoms with Crippen molar-refractivity contribution in [3.63, 3.8) is 0 Å². The summed E-state index contributed by atoms with van der Waals surface area (Å²) in [4.78, 5) is 0. The summed E-state index contributed by atoms with van der Waals surface area (Å²) in [6.45, 7) is 0. The lowest BCUT2D eigenvalue weighted by Crippen LogP contribution is -2.44. The third kappa shape index (κ3) is 2.99. The van der Waals surface area contributed by atoms with E-state index in [1.54, 1.807) is 24.4 Å². The molecule has 1 fully saturated rings. The highest BCUT2D eigenvalue weighted by molar-refractivity contribution is 7.80. The van der Waals surface area contributed by atoms with Crippen LogP contribution in [-0.4, -0.2) is 29.8 Å². The van der Waals surface area contributed by atoms with Crippen molar-refractivity contribution in [1.82, 2.24) is 21.6 Å². The number of methoxy groups -OCH3 is 1. The molecule has 8 heteroatoms. The van der Waals surface area contributed by atoms with Gasteiger partial charge in [0.2, 0.25) is 0 Å². The van der Waals surface area contributed by atoms with E-state index in [-0.39, 0.29) is 12.0 Å². The van der Waals surface area contributed by atoms with Gasteiger partial charge < -0.3 is 15.2 Å². The number of nitrogens with one attached hydrogen (secondary N) is 4. The van der Waals surface area contributed by atoms with Gasteiger partial charge in [0, 0.05) is 0 Å². The van der Waals surface area contributed by atoms with Crippen LogP contribution in [-0.2, 0) is 0 Å². The summed E-state index contributed by atoms with van der Waals surface area (Å²) < 4.78 is 5.00. The number of hydrazine groups is 1. The van der Waals surface area contributed by atoms with Crippen molar-refractivity contribution >= 4 is 23.5 Å². The predicted octanol–water partition coefficient (Wildman–Crippen LogP) is -0.410. The van der Waals surface area contributed by atoms with Gasteiger partial charge in [0.25, 0.3) is 0 Å². The van der Waals surface area contributed by atoms with Gasteiger partial charge in [0.15, 0.2) is 22.9 Å². The van der Waals surface area contributed by atoms with Crippen molar-refractivity contribution < 1.29 is 9.84 Å². The maximum absolute atomic E-state index is 9.43. The SMILES string of the molecule is COc1cc(/C=N/NC2NNC(=S)N2)ccc1O. The Morgan fingerprint density at radius 3 is 3.06 bits per heavy atom. The highest BCUT2D eigenvalue weighted by Crippen LogP contribution is 2.25. The van der Waals surface area contributed by atoms with Crippen LogP contribution in [0.1, 0.15) is 5.56 Å². The molecule has 1 unspecified atom stereocenters. The van der Waals surface area contributed by atoms with Gasteiger partial charge in [-0.2, -0.15) is 10.5 Å². The molecule has 18 heavy (non-hydrogen) atoms. The molecule has 1 atom stereocenters. The van der Waals surface area contributed by atoms with Crippen molar-refractivity contribution in [2.24, 2.45) is 5.10 Å². The lowest BCUT2D eigenvalue weighted by atomic mass is 10.2. The van der Waals surface area contributed by atoms with Gasteiger partial charge >= 0.3 is 0 Å². The van der Waals surface area contributed by atoms with E-state index in [1.807, 2.05) is 0 Å². The van der Waals surface area contributed by atoms with Crippen LogP contribution in [0, 0.1) is 0 Å².